The van der Waals surface area contributed by atoms with E-state index < -0.39 is 0 Å². The van der Waals surface area contributed by atoms with Gasteiger partial charge in [-0.3, -0.25) is 9.59 Å². The molecule has 0 unspecified atom stereocenters. The third-order valence-electron chi connectivity index (χ3n) is 2.66. The highest BCUT2D eigenvalue weighted by atomic mass is 79.9. The van der Waals surface area contributed by atoms with Crippen molar-refractivity contribution in [2.75, 3.05) is 19.6 Å². The molecule has 0 bridgehead atoms. The van der Waals surface area contributed by atoms with E-state index in [2.05, 4.69) is 26.2 Å². The van der Waals surface area contributed by atoms with Crippen molar-refractivity contribution >= 4 is 27.7 Å². The van der Waals surface area contributed by atoms with Crippen molar-refractivity contribution in [2.24, 2.45) is 0 Å². The zero-order valence-electron chi connectivity index (χ0n) is 11.9. The van der Waals surface area contributed by atoms with Crippen molar-refractivity contribution in [3.8, 4) is 0 Å². The summed E-state index contributed by atoms with van der Waals surface area (Å²) in [6.07, 6.45) is 3.19. The standard InChI is InChI=1S/C14H20BrN3O2/c1-3-7-16-13(19)10-18(8-4-2)14(20)11-5-6-12(15)17-9-11/h5-6,9H,3-4,7-8,10H2,1-2H3,(H,16,19). The molecule has 6 heteroatoms. The molecule has 1 N–H and O–H groups in total. The van der Waals surface area contributed by atoms with Gasteiger partial charge in [0.15, 0.2) is 0 Å². The Balaban J connectivity index is 2.71. The van der Waals surface area contributed by atoms with Gasteiger partial charge in [0.1, 0.15) is 4.60 Å². The zero-order valence-corrected chi connectivity index (χ0v) is 13.4. The second kappa shape index (κ2) is 8.68. The number of pyridine rings is 1. The van der Waals surface area contributed by atoms with E-state index in [1.807, 2.05) is 13.8 Å². The first-order chi connectivity index (χ1) is 9.58. The summed E-state index contributed by atoms with van der Waals surface area (Å²) < 4.78 is 0.678. The summed E-state index contributed by atoms with van der Waals surface area (Å²) in [7, 11) is 0. The van der Waals surface area contributed by atoms with E-state index in [1.54, 1.807) is 17.0 Å². The molecule has 1 aromatic rings. The Morgan fingerprint density at radius 2 is 2.05 bits per heavy atom. The van der Waals surface area contributed by atoms with Crippen LogP contribution in [0, 0.1) is 0 Å². The van der Waals surface area contributed by atoms with E-state index in [1.165, 1.54) is 6.20 Å². The first kappa shape index (κ1) is 16.6. The largest absolute Gasteiger partial charge is 0.355 e. The van der Waals surface area contributed by atoms with Crippen LogP contribution in [0.3, 0.4) is 0 Å². The molecule has 0 aliphatic carbocycles. The molecule has 110 valence electrons. The molecule has 2 amide bonds. The fourth-order valence-corrected chi connectivity index (χ4v) is 1.94. The van der Waals surface area contributed by atoms with E-state index in [0.717, 1.165) is 12.8 Å². The highest BCUT2D eigenvalue weighted by Gasteiger charge is 2.18. The van der Waals surface area contributed by atoms with Crippen molar-refractivity contribution in [3.63, 3.8) is 0 Å². The van der Waals surface area contributed by atoms with Crippen LogP contribution >= 0.6 is 15.9 Å². The number of hydrogen-bond acceptors (Lipinski definition) is 3. The number of rotatable bonds is 7. The molecule has 0 aliphatic heterocycles. The number of carbonyl (C=O) groups excluding carboxylic acids is 2. The van der Waals surface area contributed by atoms with Crippen LogP contribution in [0.4, 0.5) is 0 Å². The number of aromatic nitrogens is 1. The summed E-state index contributed by atoms with van der Waals surface area (Å²) in [5, 5.41) is 2.78. The van der Waals surface area contributed by atoms with E-state index in [-0.39, 0.29) is 18.4 Å². The van der Waals surface area contributed by atoms with E-state index >= 15 is 0 Å². The molecule has 0 radical (unpaired) electrons. The average molecular weight is 342 g/mol. The zero-order chi connectivity index (χ0) is 15.0. The SMILES string of the molecule is CCCNC(=O)CN(CCC)C(=O)c1ccc(Br)nc1. The Hall–Kier alpha value is -1.43. The molecule has 0 aliphatic rings. The van der Waals surface area contributed by atoms with Gasteiger partial charge in [-0.15, -0.1) is 0 Å². The highest BCUT2D eigenvalue weighted by molar-refractivity contribution is 9.10. The first-order valence-corrected chi connectivity index (χ1v) is 7.55. The van der Waals surface area contributed by atoms with Gasteiger partial charge in [0.2, 0.25) is 5.91 Å². The van der Waals surface area contributed by atoms with Gasteiger partial charge in [-0.05, 0) is 40.9 Å². The lowest BCUT2D eigenvalue weighted by atomic mass is 10.2. The van der Waals surface area contributed by atoms with Gasteiger partial charge in [0.25, 0.3) is 5.91 Å². The maximum absolute atomic E-state index is 12.3. The van der Waals surface area contributed by atoms with Crippen LogP contribution in [-0.2, 0) is 4.79 Å². The Bertz CT molecular complexity index is 448. The lowest BCUT2D eigenvalue weighted by Crippen LogP contribution is -2.41. The Morgan fingerprint density at radius 3 is 2.60 bits per heavy atom. The Morgan fingerprint density at radius 1 is 1.30 bits per heavy atom. The van der Waals surface area contributed by atoms with Crippen LogP contribution in [0.1, 0.15) is 37.0 Å². The van der Waals surface area contributed by atoms with Gasteiger partial charge in [-0.2, -0.15) is 0 Å². The van der Waals surface area contributed by atoms with E-state index in [9.17, 15) is 9.59 Å². The molecule has 0 saturated heterocycles. The van der Waals surface area contributed by atoms with Gasteiger partial charge in [-0.1, -0.05) is 13.8 Å². The van der Waals surface area contributed by atoms with Crippen LogP contribution < -0.4 is 5.32 Å². The number of carbonyl (C=O) groups is 2. The second-order valence-electron chi connectivity index (χ2n) is 4.45. The number of halogens is 1. The number of amides is 2. The van der Waals surface area contributed by atoms with Crippen LogP contribution in [-0.4, -0.2) is 41.3 Å². The minimum absolute atomic E-state index is 0.0860. The van der Waals surface area contributed by atoms with Gasteiger partial charge in [-0.25, -0.2) is 4.98 Å². The summed E-state index contributed by atoms with van der Waals surface area (Å²) in [4.78, 5) is 29.7. The number of hydrogen-bond donors (Lipinski definition) is 1. The van der Waals surface area contributed by atoms with Gasteiger partial charge >= 0.3 is 0 Å². The quantitative estimate of drug-likeness (QED) is 0.773. The lowest BCUT2D eigenvalue weighted by Gasteiger charge is -2.21. The smallest absolute Gasteiger partial charge is 0.255 e. The monoisotopic (exact) mass is 341 g/mol. The van der Waals surface area contributed by atoms with E-state index in [4.69, 9.17) is 0 Å². The molecule has 0 atom stereocenters. The topological polar surface area (TPSA) is 62.3 Å². The van der Waals surface area contributed by atoms with Gasteiger partial charge < -0.3 is 10.2 Å². The van der Waals surface area contributed by atoms with Crippen molar-refractivity contribution in [2.45, 2.75) is 26.7 Å². The van der Waals surface area contributed by atoms with E-state index in [0.29, 0.717) is 23.3 Å². The number of nitrogens with one attached hydrogen (secondary N) is 1. The molecule has 1 rings (SSSR count). The molecule has 20 heavy (non-hydrogen) atoms. The molecule has 0 spiro atoms. The summed E-state index contributed by atoms with van der Waals surface area (Å²) >= 11 is 3.23. The van der Waals surface area contributed by atoms with Crippen LogP contribution in [0.2, 0.25) is 0 Å². The third kappa shape index (κ3) is 5.28. The molecule has 5 nitrogen and oxygen atoms in total. The summed E-state index contributed by atoms with van der Waals surface area (Å²) in [5.74, 6) is -0.294. The predicted molar refractivity (Wildman–Crippen MR) is 81.4 cm³/mol. The molecule has 1 aromatic heterocycles. The van der Waals surface area contributed by atoms with Crippen LogP contribution in [0.5, 0.6) is 0 Å². The summed E-state index contributed by atoms with van der Waals surface area (Å²) in [6, 6.07) is 3.42. The second-order valence-corrected chi connectivity index (χ2v) is 5.26. The predicted octanol–water partition coefficient (Wildman–Crippen LogP) is 2.22. The first-order valence-electron chi connectivity index (χ1n) is 6.76. The van der Waals surface area contributed by atoms with Gasteiger partial charge in [0, 0.05) is 19.3 Å². The van der Waals surface area contributed by atoms with Crippen LogP contribution in [0.25, 0.3) is 0 Å². The Labute approximate surface area is 127 Å². The molecular weight excluding hydrogens is 322 g/mol. The number of nitrogens with zero attached hydrogens (tertiary/aromatic N) is 2. The molecule has 1 heterocycles. The molecular formula is C14H20BrN3O2. The molecule has 0 saturated carbocycles. The fourth-order valence-electron chi connectivity index (χ4n) is 1.70. The maximum atomic E-state index is 12.3. The normalized spacial score (nSPS) is 10.2. The highest BCUT2D eigenvalue weighted by Crippen LogP contribution is 2.09. The van der Waals surface area contributed by atoms with Crippen molar-refractivity contribution in [1.29, 1.82) is 0 Å². The van der Waals surface area contributed by atoms with Crippen LogP contribution in [0.15, 0.2) is 22.9 Å². The Kier molecular flexibility index (Phi) is 7.22. The van der Waals surface area contributed by atoms with Crippen molar-refractivity contribution < 1.29 is 9.59 Å². The molecule has 0 fully saturated rings. The van der Waals surface area contributed by atoms with Gasteiger partial charge in [0.05, 0.1) is 12.1 Å². The minimum atomic E-state index is -0.168. The van der Waals surface area contributed by atoms with Crippen molar-refractivity contribution in [1.82, 2.24) is 15.2 Å². The third-order valence-corrected chi connectivity index (χ3v) is 3.13. The maximum Gasteiger partial charge on any atom is 0.255 e. The molecule has 0 aromatic carbocycles. The summed E-state index contributed by atoms with van der Waals surface area (Å²) in [6.45, 7) is 5.23. The summed E-state index contributed by atoms with van der Waals surface area (Å²) in [5.41, 5.74) is 0.491. The minimum Gasteiger partial charge on any atom is -0.355 e. The fraction of sp³-hybridized carbons (Fsp3) is 0.500. The van der Waals surface area contributed by atoms with Crippen molar-refractivity contribution in [3.05, 3.63) is 28.5 Å². The average Bonchev–Trinajstić information content (AvgIpc) is 2.44. The lowest BCUT2D eigenvalue weighted by molar-refractivity contribution is -0.121.